The highest BCUT2D eigenvalue weighted by molar-refractivity contribution is 7.99. The first-order valence-electron chi connectivity index (χ1n) is 6.14. The summed E-state index contributed by atoms with van der Waals surface area (Å²) in [6, 6.07) is 11.9. The van der Waals surface area contributed by atoms with Crippen LogP contribution in [0, 0.1) is 11.6 Å². The van der Waals surface area contributed by atoms with Crippen molar-refractivity contribution in [3.8, 4) is 0 Å². The number of thioether (sulfide) groups is 1. The molecule has 0 aromatic heterocycles. The zero-order valence-electron chi connectivity index (χ0n) is 10.2. The third kappa shape index (κ3) is 2.59. The second-order valence-electron chi connectivity index (χ2n) is 4.55. The van der Waals surface area contributed by atoms with Gasteiger partial charge in [-0.25, -0.2) is 8.78 Å². The lowest BCUT2D eigenvalue weighted by molar-refractivity contribution is 0.584. The molecule has 0 spiro atoms. The Morgan fingerprint density at radius 3 is 2.84 bits per heavy atom. The van der Waals surface area contributed by atoms with Crippen LogP contribution in [0.3, 0.4) is 0 Å². The van der Waals surface area contributed by atoms with Gasteiger partial charge in [0.1, 0.15) is 11.6 Å². The standard InChI is InChI=1S/C15H13F2NS/c16-11-5-6-14(13(17)7-11)18-8-10-9-19-15-4-2-1-3-12(10)15/h1-7,10,18H,8-9H2. The fraction of sp³-hybridized carbons (Fsp3) is 0.200. The van der Waals surface area contributed by atoms with Crippen molar-refractivity contribution >= 4 is 17.4 Å². The predicted molar refractivity (Wildman–Crippen MR) is 74.8 cm³/mol. The Morgan fingerprint density at radius 2 is 2.00 bits per heavy atom. The number of anilines is 1. The summed E-state index contributed by atoms with van der Waals surface area (Å²) in [4.78, 5) is 1.30. The van der Waals surface area contributed by atoms with Gasteiger partial charge in [-0.2, -0.15) is 0 Å². The van der Waals surface area contributed by atoms with E-state index in [9.17, 15) is 8.78 Å². The minimum Gasteiger partial charge on any atom is -0.382 e. The van der Waals surface area contributed by atoms with E-state index in [-0.39, 0.29) is 0 Å². The molecule has 1 aliphatic heterocycles. The summed E-state index contributed by atoms with van der Waals surface area (Å²) >= 11 is 1.82. The van der Waals surface area contributed by atoms with Crippen molar-refractivity contribution in [3.05, 3.63) is 59.7 Å². The average Bonchev–Trinajstić information content (AvgIpc) is 2.81. The predicted octanol–water partition coefficient (Wildman–Crippen LogP) is 4.27. The van der Waals surface area contributed by atoms with Crippen LogP contribution in [0.1, 0.15) is 11.5 Å². The van der Waals surface area contributed by atoms with Crippen molar-refractivity contribution in [3.63, 3.8) is 0 Å². The molecule has 0 saturated heterocycles. The highest BCUT2D eigenvalue weighted by Crippen LogP contribution is 2.39. The van der Waals surface area contributed by atoms with Crippen molar-refractivity contribution in [2.24, 2.45) is 0 Å². The number of rotatable bonds is 3. The molecule has 98 valence electrons. The minimum atomic E-state index is -0.551. The summed E-state index contributed by atoms with van der Waals surface area (Å²) in [5.74, 6) is 0.268. The Kier molecular flexibility index (Phi) is 3.42. The van der Waals surface area contributed by atoms with E-state index in [4.69, 9.17) is 0 Å². The van der Waals surface area contributed by atoms with E-state index >= 15 is 0 Å². The molecule has 1 N–H and O–H groups in total. The molecule has 0 bridgehead atoms. The molecule has 19 heavy (non-hydrogen) atoms. The van der Waals surface area contributed by atoms with Gasteiger partial charge in [0.2, 0.25) is 0 Å². The molecule has 1 atom stereocenters. The number of nitrogens with one attached hydrogen (secondary N) is 1. The molecule has 0 fully saturated rings. The van der Waals surface area contributed by atoms with E-state index < -0.39 is 11.6 Å². The Hall–Kier alpha value is -1.55. The van der Waals surface area contributed by atoms with Crippen LogP contribution in [0.5, 0.6) is 0 Å². The molecule has 1 aliphatic rings. The van der Waals surface area contributed by atoms with Crippen molar-refractivity contribution in [2.75, 3.05) is 17.6 Å². The van der Waals surface area contributed by atoms with Gasteiger partial charge in [0.25, 0.3) is 0 Å². The van der Waals surface area contributed by atoms with E-state index in [0.717, 1.165) is 11.8 Å². The lowest BCUT2D eigenvalue weighted by atomic mass is 10.0. The highest BCUT2D eigenvalue weighted by Gasteiger charge is 2.22. The summed E-state index contributed by atoms with van der Waals surface area (Å²) in [5.41, 5.74) is 1.67. The van der Waals surface area contributed by atoms with Crippen molar-refractivity contribution in [1.82, 2.24) is 0 Å². The molecule has 1 heterocycles. The molecule has 2 aromatic carbocycles. The van der Waals surface area contributed by atoms with Crippen LogP contribution in [0.4, 0.5) is 14.5 Å². The molecule has 0 saturated carbocycles. The average molecular weight is 277 g/mol. The molecule has 1 unspecified atom stereocenters. The topological polar surface area (TPSA) is 12.0 Å². The van der Waals surface area contributed by atoms with E-state index in [1.54, 1.807) is 0 Å². The van der Waals surface area contributed by atoms with Crippen LogP contribution in [0.15, 0.2) is 47.4 Å². The zero-order valence-corrected chi connectivity index (χ0v) is 11.0. The van der Waals surface area contributed by atoms with Crippen LogP contribution in [0.25, 0.3) is 0 Å². The Morgan fingerprint density at radius 1 is 1.16 bits per heavy atom. The first-order chi connectivity index (χ1) is 9.24. The monoisotopic (exact) mass is 277 g/mol. The molecule has 4 heteroatoms. The normalized spacial score (nSPS) is 17.3. The molecular weight excluding hydrogens is 264 g/mol. The Balaban J connectivity index is 1.71. The number of benzene rings is 2. The van der Waals surface area contributed by atoms with Gasteiger partial charge in [-0.1, -0.05) is 18.2 Å². The SMILES string of the molecule is Fc1ccc(NCC2CSc3ccccc32)c(F)c1. The largest absolute Gasteiger partial charge is 0.382 e. The molecule has 0 amide bonds. The number of hydrogen-bond acceptors (Lipinski definition) is 2. The van der Waals surface area contributed by atoms with Crippen molar-refractivity contribution < 1.29 is 8.78 Å². The van der Waals surface area contributed by atoms with Gasteiger partial charge in [-0.05, 0) is 23.8 Å². The first kappa shape index (κ1) is 12.5. The maximum absolute atomic E-state index is 13.5. The smallest absolute Gasteiger partial charge is 0.149 e. The van der Waals surface area contributed by atoms with Crippen molar-refractivity contribution in [1.29, 1.82) is 0 Å². The van der Waals surface area contributed by atoms with Gasteiger partial charge in [0.05, 0.1) is 5.69 Å². The van der Waals surface area contributed by atoms with E-state index in [1.807, 2.05) is 23.9 Å². The fourth-order valence-corrected chi connectivity index (χ4v) is 3.52. The molecule has 0 aliphatic carbocycles. The summed E-state index contributed by atoms with van der Waals surface area (Å²) in [7, 11) is 0. The van der Waals surface area contributed by atoms with Crippen LogP contribution >= 0.6 is 11.8 Å². The second-order valence-corrected chi connectivity index (χ2v) is 5.61. The summed E-state index contributed by atoms with van der Waals surface area (Å²) in [6.45, 7) is 0.659. The molecule has 0 radical (unpaired) electrons. The van der Waals surface area contributed by atoms with Crippen molar-refractivity contribution in [2.45, 2.75) is 10.8 Å². The third-order valence-corrected chi connectivity index (χ3v) is 4.52. The van der Waals surface area contributed by atoms with Gasteiger partial charge in [0.15, 0.2) is 0 Å². The number of hydrogen-bond donors (Lipinski definition) is 1. The molecule has 3 rings (SSSR count). The quantitative estimate of drug-likeness (QED) is 0.899. The maximum atomic E-state index is 13.5. The van der Waals surface area contributed by atoms with E-state index in [0.29, 0.717) is 18.2 Å². The van der Waals surface area contributed by atoms with Crippen LogP contribution < -0.4 is 5.32 Å². The minimum absolute atomic E-state index is 0.357. The third-order valence-electron chi connectivity index (χ3n) is 3.27. The fourth-order valence-electron chi connectivity index (χ4n) is 2.26. The van der Waals surface area contributed by atoms with Gasteiger partial charge < -0.3 is 5.32 Å². The van der Waals surface area contributed by atoms with Crippen LogP contribution in [-0.4, -0.2) is 12.3 Å². The van der Waals surface area contributed by atoms with E-state index in [1.165, 1.54) is 22.6 Å². The number of fused-ring (bicyclic) bond motifs is 1. The van der Waals surface area contributed by atoms with E-state index in [2.05, 4.69) is 17.4 Å². The van der Waals surface area contributed by atoms with Crippen LogP contribution in [0.2, 0.25) is 0 Å². The summed E-state index contributed by atoms with van der Waals surface area (Å²) in [6.07, 6.45) is 0. The molecule has 1 nitrogen and oxygen atoms in total. The maximum Gasteiger partial charge on any atom is 0.149 e. The second kappa shape index (κ2) is 5.21. The Labute approximate surface area is 115 Å². The lowest BCUT2D eigenvalue weighted by Crippen LogP contribution is -2.13. The highest BCUT2D eigenvalue weighted by atomic mass is 32.2. The molecular formula is C15H13F2NS. The summed E-state index contributed by atoms with van der Waals surface area (Å²) < 4.78 is 26.3. The molecule has 2 aromatic rings. The summed E-state index contributed by atoms with van der Waals surface area (Å²) in [5, 5.41) is 3.07. The number of halogens is 2. The lowest BCUT2D eigenvalue weighted by Gasteiger charge is -2.13. The first-order valence-corrected chi connectivity index (χ1v) is 7.13. The van der Waals surface area contributed by atoms with Gasteiger partial charge in [-0.15, -0.1) is 11.8 Å². The van der Waals surface area contributed by atoms with Gasteiger partial charge in [-0.3, -0.25) is 0 Å². The van der Waals surface area contributed by atoms with Gasteiger partial charge in [0, 0.05) is 29.2 Å². The Bertz CT molecular complexity index is 600. The van der Waals surface area contributed by atoms with Crippen LogP contribution in [-0.2, 0) is 0 Å². The van der Waals surface area contributed by atoms with Gasteiger partial charge >= 0.3 is 0 Å². The zero-order chi connectivity index (χ0) is 13.2.